The molecule has 0 spiro atoms. The highest BCUT2D eigenvalue weighted by molar-refractivity contribution is 6.31. The molecule has 1 saturated heterocycles. The van der Waals surface area contributed by atoms with E-state index in [0.29, 0.717) is 0 Å². The van der Waals surface area contributed by atoms with Crippen LogP contribution in [0.1, 0.15) is 5.56 Å². The standard InChI is InChI=1S/C14H17ClN2O/c15-12-1-2-14-13(9-12)11(10-18-14)3-6-17-7-4-16-5-8-17/h1-2,9-10,16H,3-8H2. The summed E-state index contributed by atoms with van der Waals surface area (Å²) in [6, 6.07) is 5.80. The quantitative estimate of drug-likeness (QED) is 0.924. The Labute approximate surface area is 112 Å². The molecule has 4 heteroatoms. The Kier molecular flexibility index (Phi) is 3.55. The highest BCUT2D eigenvalue weighted by Gasteiger charge is 2.11. The molecule has 1 N–H and O–H groups in total. The van der Waals surface area contributed by atoms with Gasteiger partial charge < -0.3 is 14.6 Å². The second-order valence-corrected chi connectivity index (χ2v) is 5.18. The number of piperazine rings is 1. The number of furan rings is 1. The van der Waals surface area contributed by atoms with Crippen LogP contribution >= 0.6 is 11.6 Å². The van der Waals surface area contributed by atoms with Crippen molar-refractivity contribution in [1.29, 1.82) is 0 Å². The van der Waals surface area contributed by atoms with Gasteiger partial charge in [0.1, 0.15) is 5.58 Å². The Morgan fingerprint density at radius 3 is 2.94 bits per heavy atom. The van der Waals surface area contributed by atoms with Crippen LogP contribution in [0.15, 0.2) is 28.9 Å². The molecule has 1 aromatic heterocycles. The van der Waals surface area contributed by atoms with E-state index in [-0.39, 0.29) is 0 Å². The summed E-state index contributed by atoms with van der Waals surface area (Å²) in [6.07, 6.45) is 2.89. The van der Waals surface area contributed by atoms with Crippen molar-refractivity contribution in [3.8, 4) is 0 Å². The molecular weight excluding hydrogens is 248 g/mol. The molecule has 1 aliphatic rings. The summed E-state index contributed by atoms with van der Waals surface area (Å²) < 4.78 is 5.55. The Bertz CT molecular complexity index is 532. The molecule has 0 unspecified atom stereocenters. The van der Waals surface area contributed by atoms with Gasteiger partial charge in [-0.25, -0.2) is 0 Å². The third-order valence-electron chi connectivity index (χ3n) is 3.52. The van der Waals surface area contributed by atoms with E-state index >= 15 is 0 Å². The van der Waals surface area contributed by atoms with Crippen LogP contribution in [0, 0.1) is 0 Å². The summed E-state index contributed by atoms with van der Waals surface area (Å²) in [5.41, 5.74) is 2.18. The third-order valence-corrected chi connectivity index (χ3v) is 3.76. The fraction of sp³-hybridized carbons (Fsp3) is 0.429. The van der Waals surface area contributed by atoms with Gasteiger partial charge >= 0.3 is 0 Å². The maximum atomic E-state index is 6.04. The molecule has 1 aromatic carbocycles. The molecule has 0 radical (unpaired) electrons. The monoisotopic (exact) mass is 264 g/mol. The average Bonchev–Trinajstić information content (AvgIpc) is 2.80. The highest BCUT2D eigenvalue weighted by Crippen LogP contribution is 2.25. The molecule has 2 aromatic rings. The lowest BCUT2D eigenvalue weighted by atomic mass is 10.1. The van der Waals surface area contributed by atoms with Gasteiger partial charge in [0.05, 0.1) is 6.26 Å². The summed E-state index contributed by atoms with van der Waals surface area (Å²) in [5.74, 6) is 0. The molecule has 1 aliphatic heterocycles. The second-order valence-electron chi connectivity index (χ2n) is 4.74. The number of nitrogens with zero attached hydrogens (tertiary/aromatic N) is 1. The fourth-order valence-electron chi connectivity index (χ4n) is 2.46. The average molecular weight is 265 g/mol. The van der Waals surface area contributed by atoms with Crippen LogP contribution in [0.5, 0.6) is 0 Å². The molecule has 96 valence electrons. The van der Waals surface area contributed by atoms with E-state index in [9.17, 15) is 0 Å². The minimum atomic E-state index is 0.771. The first kappa shape index (κ1) is 12.0. The fourth-order valence-corrected chi connectivity index (χ4v) is 2.63. The van der Waals surface area contributed by atoms with Gasteiger partial charge in [-0.1, -0.05) is 11.6 Å². The highest BCUT2D eigenvalue weighted by atomic mass is 35.5. The third kappa shape index (κ3) is 2.53. The van der Waals surface area contributed by atoms with Crippen LogP contribution in [-0.2, 0) is 6.42 Å². The lowest BCUT2D eigenvalue weighted by Gasteiger charge is -2.26. The first-order valence-corrected chi connectivity index (χ1v) is 6.79. The van der Waals surface area contributed by atoms with E-state index in [1.54, 1.807) is 0 Å². The van der Waals surface area contributed by atoms with Crippen molar-refractivity contribution in [2.45, 2.75) is 6.42 Å². The van der Waals surface area contributed by atoms with Crippen molar-refractivity contribution in [2.24, 2.45) is 0 Å². The Morgan fingerprint density at radius 2 is 2.11 bits per heavy atom. The van der Waals surface area contributed by atoms with Crippen molar-refractivity contribution in [3.05, 3.63) is 35.0 Å². The minimum Gasteiger partial charge on any atom is -0.464 e. The lowest BCUT2D eigenvalue weighted by Crippen LogP contribution is -2.44. The normalized spacial score (nSPS) is 17.4. The van der Waals surface area contributed by atoms with Crippen LogP contribution in [0.4, 0.5) is 0 Å². The number of fused-ring (bicyclic) bond motifs is 1. The van der Waals surface area contributed by atoms with Crippen molar-refractivity contribution in [1.82, 2.24) is 10.2 Å². The van der Waals surface area contributed by atoms with Gasteiger partial charge in [0, 0.05) is 43.1 Å². The zero-order chi connectivity index (χ0) is 12.4. The van der Waals surface area contributed by atoms with Crippen LogP contribution in [0.2, 0.25) is 5.02 Å². The summed E-state index contributed by atoms with van der Waals surface area (Å²) in [7, 11) is 0. The summed E-state index contributed by atoms with van der Waals surface area (Å²) >= 11 is 6.04. The number of benzene rings is 1. The van der Waals surface area contributed by atoms with E-state index in [0.717, 1.165) is 55.1 Å². The van der Waals surface area contributed by atoms with Crippen molar-refractivity contribution in [2.75, 3.05) is 32.7 Å². The van der Waals surface area contributed by atoms with E-state index in [1.807, 2.05) is 24.5 Å². The zero-order valence-electron chi connectivity index (χ0n) is 10.3. The maximum absolute atomic E-state index is 6.04. The van der Waals surface area contributed by atoms with Crippen LogP contribution in [-0.4, -0.2) is 37.6 Å². The van der Waals surface area contributed by atoms with Gasteiger partial charge in [0.15, 0.2) is 0 Å². The topological polar surface area (TPSA) is 28.4 Å². The second kappa shape index (κ2) is 5.31. The summed E-state index contributed by atoms with van der Waals surface area (Å²) in [4.78, 5) is 2.49. The van der Waals surface area contributed by atoms with Gasteiger partial charge in [-0.05, 0) is 30.2 Å². The largest absolute Gasteiger partial charge is 0.464 e. The van der Waals surface area contributed by atoms with Gasteiger partial charge in [0.25, 0.3) is 0 Å². The first-order valence-electron chi connectivity index (χ1n) is 6.41. The van der Waals surface area contributed by atoms with Gasteiger partial charge in [-0.15, -0.1) is 0 Å². The smallest absolute Gasteiger partial charge is 0.134 e. The number of hydrogen-bond donors (Lipinski definition) is 1. The van der Waals surface area contributed by atoms with Crippen molar-refractivity contribution < 1.29 is 4.42 Å². The molecule has 3 nitrogen and oxygen atoms in total. The zero-order valence-corrected chi connectivity index (χ0v) is 11.0. The molecule has 0 saturated carbocycles. The number of halogens is 1. The lowest BCUT2D eigenvalue weighted by molar-refractivity contribution is 0.244. The van der Waals surface area contributed by atoms with Crippen LogP contribution in [0.25, 0.3) is 11.0 Å². The Morgan fingerprint density at radius 1 is 1.28 bits per heavy atom. The van der Waals surface area contributed by atoms with E-state index in [1.165, 1.54) is 5.56 Å². The Hall–Kier alpha value is -1.03. The first-order chi connectivity index (χ1) is 8.83. The Balaban J connectivity index is 1.72. The van der Waals surface area contributed by atoms with Crippen molar-refractivity contribution >= 4 is 22.6 Å². The van der Waals surface area contributed by atoms with E-state index < -0.39 is 0 Å². The number of rotatable bonds is 3. The predicted octanol–water partition coefficient (Wildman–Crippen LogP) is 2.53. The van der Waals surface area contributed by atoms with Gasteiger partial charge in [-0.2, -0.15) is 0 Å². The molecule has 0 amide bonds. The van der Waals surface area contributed by atoms with Crippen LogP contribution < -0.4 is 5.32 Å². The van der Waals surface area contributed by atoms with Crippen LogP contribution in [0.3, 0.4) is 0 Å². The van der Waals surface area contributed by atoms with Crippen molar-refractivity contribution in [3.63, 3.8) is 0 Å². The number of nitrogens with one attached hydrogen (secondary N) is 1. The summed E-state index contributed by atoms with van der Waals surface area (Å²) in [5, 5.41) is 5.29. The molecular formula is C14H17ClN2O. The van der Waals surface area contributed by atoms with E-state index in [2.05, 4.69) is 10.2 Å². The molecule has 3 rings (SSSR count). The summed E-state index contributed by atoms with van der Waals surface area (Å²) in [6.45, 7) is 5.55. The molecule has 2 heterocycles. The number of hydrogen-bond acceptors (Lipinski definition) is 3. The maximum Gasteiger partial charge on any atom is 0.134 e. The molecule has 0 bridgehead atoms. The molecule has 1 fully saturated rings. The van der Waals surface area contributed by atoms with E-state index in [4.69, 9.17) is 16.0 Å². The molecule has 0 aliphatic carbocycles. The molecule has 18 heavy (non-hydrogen) atoms. The minimum absolute atomic E-state index is 0.771. The molecule has 0 atom stereocenters. The van der Waals surface area contributed by atoms with Gasteiger partial charge in [0.2, 0.25) is 0 Å². The van der Waals surface area contributed by atoms with Gasteiger partial charge in [-0.3, -0.25) is 0 Å². The SMILES string of the molecule is Clc1ccc2occ(CCN3CCNCC3)c2c1. The predicted molar refractivity (Wildman–Crippen MR) is 74.2 cm³/mol.